The molecule has 8 nitrogen and oxygen atoms in total. The molecule has 0 amide bonds. The summed E-state index contributed by atoms with van der Waals surface area (Å²) >= 11 is 7.67. The second kappa shape index (κ2) is 10.6. The molecule has 3 atom stereocenters. The first-order valence-electron chi connectivity index (χ1n) is 10.7. The fourth-order valence-corrected chi connectivity index (χ4v) is 4.77. The molecule has 35 heavy (non-hydrogen) atoms. The molecule has 3 unspecified atom stereocenters. The van der Waals surface area contributed by atoms with Crippen LogP contribution in [0, 0.1) is 5.82 Å². The number of aromatic nitrogens is 1. The minimum absolute atomic E-state index is 0.0433. The van der Waals surface area contributed by atoms with E-state index in [2.05, 4.69) is 15.3 Å². The molecule has 1 aromatic carbocycles. The number of thiazole rings is 1. The van der Waals surface area contributed by atoms with Gasteiger partial charge in [0.25, 0.3) is 0 Å². The summed E-state index contributed by atoms with van der Waals surface area (Å²) in [5.41, 5.74) is 0.914. The Kier molecular flexibility index (Phi) is 7.58. The maximum atomic E-state index is 14.2. The van der Waals surface area contributed by atoms with E-state index in [1.165, 1.54) is 29.5 Å². The highest BCUT2D eigenvalue weighted by Gasteiger charge is 2.41. The Bertz CT molecular complexity index is 1220. The summed E-state index contributed by atoms with van der Waals surface area (Å²) in [6.07, 6.45) is 2.51. The first-order chi connectivity index (χ1) is 16.8. The zero-order valence-electron chi connectivity index (χ0n) is 18.5. The van der Waals surface area contributed by atoms with Crippen LogP contribution in [-0.2, 0) is 14.3 Å². The van der Waals surface area contributed by atoms with Crippen LogP contribution in [0.25, 0.3) is 0 Å². The molecule has 184 valence electrons. The van der Waals surface area contributed by atoms with Crippen LogP contribution in [0.5, 0.6) is 0 Å². The number of esters is 1. The molecule has 3 heterocycles. The van der Waals surface area contributed by atoms with Crippen LogP contribution in [0.3, 0.4) is 0 Å². The molecule has 12 heteroatoms. The van der Waals surface area contributed by atoms with Gasteiger partial charge in [0, 0.05) is 47.0 Å². The maximum Gasteiger partial charge on any atom is 0.338 e. The van der Waals surface area contributed by atoms with Gasteiger partial charge in [-0.3, -0.25) is 9.89 Å². The zero-order valence-corrected chi connectivity index (χ0v) is 20.0. The van der Waals surface area contributed by atoms with Gasteiger partial charge < -0.3 is 15.2 Å². The Balaban J connectivity index is 1.79. The van der Waals surface area contributed by atoms with Gasteiger partial charge >= 0.3 is 11.9 Å². The highest BCUT2D eigenvalue weighted by molar-refractivity contribution is 7.11. The summed E-state index contributed by atoms with van der Waals surface area (Å²) in [6.45, 7) is 1.88. The Hall–Kier alpha value is -3.15. The molecule has 0 spiro atoms. The van der Waals surface area contributed by atoms with E-state index in [9.17, 15) is 18.4 Å². The van der Waals surface area contributed by atoms with Gasteiger partial charge in [0.2, 0.25) is 0 Å². The third-order valence-corrected chi connectivity index (χ3v) is 6.62. The molecule has 0 radical (unpaired) electrons. The number of hydrogen-bond donors (Lipinski definition) is 2. The van der Waals surface area contributed by atoms with Crippen LogP contribution in [-0.4, -0.2) is 64.7 Å². The number of amidine groups is 1. The van der Waals surface area contributed by atoms with Gasteiger partial charge in [-0.2, -0.15) is 0 Å². The third kappa shape index (κ3) is 5.42. The number of benzene rings is 1. The molecule has 1 aromatic heterocycles. The number of aliphatic carboxylic acids is 1. The minimum Gasteiger partial charge on any atom is -0.478 e. The van der Waals surface area contributed by atoms with Crippen molar-refractivity contribution in [2.45, 2.75) is 25.2 Å². The van der Waals surface area contributed by atoms with E-state index in [1.54, 1.807) is 23.4 Å². The predicted octanol–water partition coefficient (Wildman–Crippen LogP) is 3.51. The van der Waals surface area contributed by atoms with Crippen molar-refractivity contribution in [3.8, 4) is 0 Å². The van der Waals surface area contributed by atoms with E-state index in [4.69, 9.17) is 21.4 Å². The van der Waals surface area contributed by atoms with Crippen LogP contribution in [0.15, 0.2) is 58.2 Å². The summed E-state index contributed by atoms with van der Waals surface area (Å²) in [5, 5.41) is 14.4. The lowest BCUT2D eigenvalue weighted by molar-refractivity contribution is -0.139. The number of ether oxygens (including phenoxy) is 1. The van der Waals surface area contributed by atoms with E-state index in [0.717, 1.165) is 12.1 Å². The van der Waals surface area contributed by atoms with Crippen LogP contribution in [0.2, 0.25) is 5.02 Å². The van der Waals surface area contributed by atoms with Gasteiger partial charge in [0.05, 0.1) is 18.2 Å². The minimum atomic E-state index is -1.25. The lowest BCUT2D eigenvalue weighted by Crippen LogP contribution is -2.58. The van der Waals surface area contributed by atoms with Crippen molar-refractivity contribution in [2.75, 3.05) is 19.7 Å². The fraction of sp³-hybridized carbons (Fsp3) is 0.304. The summed E-state index contributed by atoms with van der Waals surface area (Å²) in [6, 6.07) is 2.09. The van der Waals surface area contributed by atoms with Crippen LogP contribution in [0.1, 0.15) is 23.5 Å². The van der Waals surface area contributed by atoms with Crippen molar-refractivity contribution >= 4 is 40.7 Å². The Labute approximate surface area is 208 Å². The van der Waals surface area contributed by atoms with Crippen molar-refractivity contribution in [2.24, 2.45) is 4.99 Å². The SMILES string of the molecule is CCOC(=O)C1=C(CN2CC(F)C2/C=C/C(=O)O)NC(c2nccs2)=NC1c1ccc(F)cc1Cl. The molecular formula is C23H21ClF2N4O4S. The molecule has 0 saturated carbocycles. The number of rotatable bonds is 8. The first kappa shape index (κ1) is 25.0. The number of carboxylic acids is 1. The Morgan fingerprint density at radius 3 is 2.86 bits per heavy atom. The van der Waals surface area contributed by atoms with Gasteiger partial charge in [0.15, 0.2) is 10.8 Å². The van der Waals surface area contributed by atoms with Crippen molar-refractivity contribution < 1.29 is 28.2 Å². The summed E-state index contributed by atoms with van der Waals surface area (Å²) in [5.74, 6) is -2.02. The number of nitrogens with zero attached hydrogens (tertiary/aromatic N) is 3. The molecule has 2 aliphatic heterocycles. The average Bonchev–Trinajstić information content (AvgIpc) is 3.33. The number of aliphatic imine (C=N–C) groups is 1. The van der Waals surface area contributed by atoms with Crippen molar-refractivity contribution in [1.82, 2.24) is 15.2 Å². The number of nitrogens with one attached hydrogen (secondary N) is 1. The van der Waals surface area contributed by atoms with Gasteiger partial charge in [-0.05, 0) is 19.1 Å². The smallest absolute Gasteiger partial charge is 0.338 e. The molecule has 2 aromatic rings. The molecule has 2 aliphatic rings. The third-order valence-electron chi connectivity index (χ3n) is 5.51. The summed E-state index contributed by atoms with van der Waals surface area (Å²) in [4.78, 5) is 34.7. The molecule has 1 saturated heterocycles. The second-order valence-corrected chi connectivity index (χ2v) is 9.06. The highest BCUT2D eigenvalue weighted by atomic mass is 35.5. The normalized spacial score (nSPS) is 22.5. The van der Waals surface area contributed by atoms with E-state index in [0.29, 0.717) is 22.1 Å². The number of hydrogen-bond acceptors (Lipinski definition) is 8. The number of likely N-dealkylation sites (tertiary alicyclic amines) is 1. The topological polar surface area (TPSA) is 104 Å². The highest BCUT2D eigenvalue weighted by Crippen LogP contribution is 2.37. The maximum absolute atomic E-state index is 14.2. The molecule has 4 rings (SSSR count). The number of carbonyl (C=O) groups excluding carboxylic acids is 1. The Morgan fingerprint density at radius 1 is 1.43 bits per heavy atom. The van der Waals surface area contributed by atoms with Gasteiger partial charge in [-0.15, -0.1) is 11.3 Å². The molecule has 2 N–H and O–H groups in total. The fourth-order valence-electron chi connectivity index (χ4n) is 3.91. The number of alkyl halides is 1. The molecule has 1 fully saturated rings. The van der Waals surface area contributed by atoms with E-state index in [-0.39, 0.29) is 30.3 Å². The summed E-state index contributed by atoms with van der Waals surface area (Å²) < 4.78 is 33.3. The lowest BCUT2D eigenvalue weighted by atomic mass is 9.93. The van der Waals surface area contributed by atoms with Crippen LogP contribution >= 0.6 is 22.9 Å². The van der Waals surface area contributed by atoms with E-state index in [1.807, 2.05) is 0 Å². The predicted molar refractivity (Wildman–Crippen MR) is 127 cm³/mol. The Morgan fingerprint density at radius 2 is 2.23 bits per heavy atom. The van der Waals surface area contributed by atoms with Crippen molar-refractivity contribution in [1.29, 1.82) is 0 Å². The van der Waals surface area contributed by atoms with Gasteiger partial charge in [-0.25, -0.2) is 23.4 Å². The quantitative estimate of drug-likeness (QED) is 0.404. The first-order valence-corrected chi connectivity index (χ1v) is 11.9. The second-order valence-electron chi connectivity index (χ2n) is 7.75. The summed E-state index contributed by atoms with van der Waals surface area (Å²) in [7, 11) is 0. The standard InChI is InChI=1S/C23H21ClF2N4O4S/c1-2-34-23(33)19-16(11-30-10-15(26)17(30)5-6-18(31)32)28-21(22-27-7-8-35-22)29-20(19)13-4-3-12(25)9-14(13)24/h3-9,15,17,20H,2,10-11H2,1H3,(H,28,29)(H,31,32)/b6-5+. The number of carbonyl (C=O) groups is 2. The van der Waals surface area contributed by atoms with E-state index < -0.39 is 36.0 Å². The number of carboxylic acid groups (broad SMARTS) is 1. The lowest BCUT2D eigenvalue weighted by Gasteiger charge is -2.43. The number of halogens is 3. The molecule has 0 aliphatic carbocycles. The zero-order chi connectivity index (χ0) is 25.1. The monoisotopic (exact) mass is 522 g/mol. The van der Waals surface area contributed by atoms with Crippen LogP contribution in [0.4, 0.5) is 8.78 Å². The van der Waals surface area contributed by atoms with Crippen LogP contribution < -0.4 is 5.32 Å². The average molecular weight is 523 g/mol. The van der Waals surface area contributed by atoms with E-state index >= 15 is 0 Å². The van der Waals surface area contributed by atoms with Crippen molar-refractivity contribution in [3.63, 3.8) is 0 Å². The van der Waals surface area contributed by atoms with Crippen molar-refractivity contribution in [3.05, 3.63) is 74.6 Å². The largest absolute Gasteiger partial charge is 0.478 e. The molecule has 0 bridgehead atoms. The molecular weight excluding hydrogens is 502 g/mol. The van der Waals surface area contributed by atoms with Gasteiger partial charge in [-0.1, -0.05) is 23.7 Å². The van der Waals surface area contributed by atoms with Gasteiger partial charge in [0.1, 0.15) is 18.0 Å².